The molecule has 0 spiro atoms. The van der Waals surface area contributed by atoms with Gasteiger partial charge < -0.3 is 4.90 Å². The summed E-state index contributed by atoms with van der Waals surface area (Å²) in [6.07, 6.45) is 1.98. The number of carbonyl (C=O) groups excluding carboxylic acids is 1. The Kier molecular flexibility index (Phi) is 1.15. The largest absolute Gasteiger partial charge is 0.313 e. The molecule has 1 amide bonds. The molecule has 0 aromatic carbocycles. The summed E-state index contributed by atoms with van der Waals surface area (Å²) in [6.45, 7) is 0. The predicted octanol–water partition coefficient (Wildman–Crippen LogP) is -0.00450. The van der Waals surface area contributed by atoms with E-state index in [1.807, 2.05) is 0 Å². The normalized spacial score (nSPS) is 15.4. The number of hydrogen-bond acceptors (Lipinski definition) is 3. The van der Waals surface area contributed by atoms with Crippen LogP contribution in [0.1, 0.15) is 5.69 Å². The van der Waals surface area contributed by atoms with Crippen molar-refractivity contribution in [1.82, 2.24) is 10.2 Å². The van der Waals surface area contributed by atoms with Gasteiger partial charge in [-0.2, -0.15) is 10.2 Å². The minimum absolute atomic E-state index is 0.0838. The van der Waals surface area contributed by atoms with Crippen LogP contribution in [-0.4, -0.2) is 23.2 Å². The zero-order chi connectivity index (χ0) is 7.84. The number of fused-ring (bicyclic) bond motifs is 1. The zero-order valence-electron chi connectivity index (χ0n) is 6.11. The molecule has 0 unspecified atom stereocenters. The standard InChI is InChI=1S/C7H7N3O/c1-10-6-2-3-8-9-5(6)4-7(10)11/h2-3H,4H2,1H3. The molecule has 0 N–H and O–H groups in total. The molecule has 0 bridgehead atoms. The van der Waals surface area contributed by atoms with Gasteiger partial charge in [-0.05, 0) is 6.07 Å². The first kappa shape index (κ1) is 6.27. The first-order valence-electron chi connectivity index (χ1n) is 3.36. The quantitative estimate of drug-likeness (QED) is 0.521. The average molecular weight is 149 g/mol. The fourth-order valence-corrected chi connectivity index (χ4v) is 1.18. The van der Waals surface area contributed by atoms with Crippen molar-refractivity contribution in [3.8, 4) is 0 Å². The van der Waals surface area contributed by atoms with Crippen LogP contribution in [0.5, 0.6) is 0 Å². The lowest BCUT2D eigenvalue weighted by Crippen LogP contribution is -2.20. The number of likely N-dealkylation sites (N-methyl/N-ethyl adjacent to an activating group) is 1. The Hall–Kier alpha value is -1.45. The van der Waals surface area contributed by atoms with Crippen LogP contribution in [0.4, 0.5) is 5.69 Å². The van der Waals surface area contributed by atoms with E-state index in [-0.39, 0.29) is 5.91 Å². The second-order valence-corrected chi connectivity index (χ2v) is 2.49. The average Bonchev–Trinajstić information content (AvgIpc) is 2.30. The number of rotatable bonds is 0. The van der Waals surface area contributed by atoms with Crippen molar-refractivity contribution in [2.45, 2.75) is 6.42 Å². The fourth-order valence-electron chi connectivity index (χ4n) is 1.18. The number of amides is 1. The molecule has 1 aliphatic rings. The van der Waals surface area contributed by atoms with Gasteiger partial charge in [-0.15, -0.1) is 0 Å². The van der Waals surface area contributed by atoms with Gasteiger partial charge in [0.15, 0.2) is 0 Å². The Labute approximate surface area is 63.8 Å². The summed E-state index contributed by atoms with van der Waals surface area (Å²) in [4.78, 5) is 12.7. The van der Waals surface area contributed by atoms with Crippen molar-refractivity contribution < 1.29 is 4.79 Å². The van der Waals surface area contributed by atoms with Crippen LogP contribution >= 0.6 is 0 Å². The van der Waals surface area contributed by atoms with Crippen LogP contribution in [0.3, 0.4) is 0 Å². The van der Waals surface area contributed by atoms with E-state index in [0.717, 1.165) is 11.4 Å². The first-order valence-corrected chi connectivity index (χ1v) is 3.36. The third kappa shape index (κ3) is 0.790. The SMILES string of the molecule is CN1C(=O)Cc2nnccc21. The molecule has 11 heavy (non-hydrogen) atoms. The molecule has 0 atom stereocenters. The van der Waals surface area contributed by atoms with Gasteiger partial charge in [-0.3, -0.25) is 4.79 Å². The highest BCUT2D eigenvalue weighted by Crippen LogP contribution is 2.23. The van der Waals surface area contributed by atoms with E-state index in [9.17, 15) is 4.79 Å². The third-order valence-electron chi connectivity index (χ3n) is 1.83. The van der Waals surface area contributed by atoms with Crippen LogP contribution in [0.25, 0.3) is 0 Å². The number of aromatic nitrogens is 2. The summed E-state index contributed by atoms with van der Waals surface area (Å²) >= 11 is 0. The molecule has 0 saturated carbocycles. The van der Waals surface area contributed by atoms with E-state index >= 15 is 0 Å². The maximum absolute atomic E-state index is 11.1. The van der Waals surface area contributed by atoms with Crippen LogP contribution in [0.2, 0.25) is 0 Å². The summed E-state index contributed by atoms with van der Waals surface area (Å²) in [5, 5.41) is 7.54. The Balaban J connectivity index is 2.55. The molecular formula is C7H7N3O. The van der Waals surface area contributed by atoms with E-state index in [0.29, 0.717) is 6.42 Å². The smallest absolute Gasteiger partial charge is 0.232 e. The van der Waals surface area contributed by atoms with Crippen molar-refractivity contribution in [1.29, 1.82) is 0 Å². The van der Waals surface area contributed by atoms with Crippen molar-refractivity contribution in [2.75, 3.05) is 11.9 Å². The highest BCUT2D eigenvalue weighted by atomic mass is 16.2. The van der Waals surface area contributed by atoms with Crippen LogP contribution < -0.4 is 4.90 Å². The lowest BCUT2D eigenvalue weighted by molar-refractivity contribution is -0.117. The van der Waals surface area contributed by atoms with E-state index < -0.39 is 0 Å². The van der Waals surface area contributed by atoms with Gasteiger partial charge in [-0.1, -0.05) is 0 Å². The summed E-state index contributed by atoms with van der Waals surface area (Å²) in [6, 6.07) is 1.80. The molecular weight excluding hydrogens is 142 g/mol. The zero-order valence-corrected chi connectivity index (χ0v) is 6.11. The highest BCUT2D eigenvalue weighted by Gasteiger charge is 2.24. The lowest BCUT2D eigenvalue weighted by Gasteiger charge is -2.07. The molecule has 0 aliphatic carbocycles. The predicted molar refractivity (Wildman–Crippen MR) is 39.1 cm³/mol. The molecule has 0 radical (unpaired) electrons. The van der Waals surface area contributed by atoms with Crippen molar-refractivity contribution >= 4 is 11.6 Å². The fraction of sp³-hybridized carbons (Fsp3) is 0.286. The molecule has 1 aromatic heterocycles. The van der Waals surface area contributed by atoms with E-state index in [4.69, 9.17) is 0 Å². The van der Waals surface area contributed by atoms with Gasteiger partial charge >= 0.3 is 0 Å². The molecule has 1 aliphatic heterocycles. The second kappa shape index (κ2) is 2.02. The van der Waals surface area contributed by atoms with Crippen LogP contribution in [0, 0.1) is 0 Å². The molecule has 4 heteroatoms. The van der Waals surface area contributed by atoms with E-state index in [2.05, 4.69) is 10.2 Å². The first-order chi connectivity index (χ1) is 5.29. The third-order valence-corrected chi connectivity index (χ3v) is 1.83. The van der Waals surface area contributed by atoms with E-state index in [1.165, 1.54) is 0 Å². The van der Waals surface area contributed by atoms with Gasteiger partial charge in [0.2, 0.25) is 5.91 Å². The monoisotopic (exact) mass is 149 g/mol. The van der Waals surface area contributed by atoms with Crippen LogP contribution in [0.15, 0.2) is 12.3 Å². The number of nitrogens with zero attached hydrogens (tertiary/aromatic N) is 3. The highest BCUT2D eigenvalue weighted by molar-refractivity contribution is 5.99. The number of carbonyl (C=O) groups is 1. The molecule has 0 saturated heterocycles. The number of hydrogen-bond donors (Lipinski definition) is 0. The molecule has 4 nitrogen and oxygen atoms in total. The molecule has 0 fully saturated rings. The lowest BCUT2D eigenvalue weighted by atomic mass is 10.3. The molecule has 2 rings (SSSR count). The van der Waals surface area contributed by atoms with Crippen LogP contribution in [-0.2, 0) is 11.2 Å². The van der Waals surface area contributed by atoms with Gasteiger partial charge in [0.25, 0.3) is 0 Å². The summed E-state index contributed by atoms with van der Waals surface area (Å²) < 4.78 is 0. The minimum atomic E-state index is 0.0838. The molecule has 56 valence electrons. The van der Waals surface area contributed by atoms with Gasteiger partial charge in [0, 0.05) is 7.05 Å². The molecule has 2 heterocycles. The maximum atomic E-state index is 11.1. The van der Waals surface area contributed by atoms with Gasteiger partial charge in [0.1, 0.15) is 0 Å². The van der Waals surface area contributed by atoms with Gasteiger partial charge in [0.05, 0.1) is 24.0 Å². The minimum Gasteiger partial charge on any atom is -0.313 e. The summed E-state index contributed by atoms with van der Waals surface area (Å²) in [5.74, 6) is 0.0838. The number of anilines is 1. The van der Waals surface area contributed by atoms with Gasteiger partial charge in [-0.25, -0.2) is 0 Å². The summed E-state index contributed by atoms with van der Waals surface area (Å²) in [5.41, 5.74) is 1.66. The van der Waals surface area contributed by atoms with E-state index in [1.54, 1.807) is 24.2 Å². The Morgan fingerprint density at radius 2 is 2.45 bits per heavy atom. The van der Waals surface area contributed by atoms with Crippen molar-refractivity contribution in [3.05, 3.63) is 18.0 Å². The Morgan fingerprint density at radius 3 is 3.18 bits per heavy atom. The van der Waals surface area contributed by atoms with Crippen molar-refractivity contribution in [3.63, 3.8) is 0 Å². The molecule has 1 aromatic rings. The topological polar surface area (TPSA) is 46.1 Å². The summed E-state index contributed by atoms with van der Waals surface area (Å²) in [7, 11) is 1.75. The Bertz CT molecular complexity index is 310. The van der Waals surface area contributed by atoms with Crippen molar-refractivity contribution in [2.24, 2.45) is 0 Å². The Morgan fingerprint density at radius 1 is 1.64 bits per heavy atom. The maximum Gasteiger partial charge on any atom is 0.232 e. The second-order valence-electron chi connectivity index (χ2n) is 2.49.